The highest BCUT2D eigenvalue weighted by molar-refractivity contribution is 7.00. The lowest BCUT2D eigenvalue weighted by Gasteiger charge is -2.45. The van der Waals surface area contributed by atoms with E-state index in [0.29, 0.717) is 0 Å². The molecule has 0 radical (unpaired) electrons. The molecule has 8 aromatic rings. The lowest BCUT2D eigenvalue weighted by Crippen LogP contribution is -2.61. The molecule has 316 valence electrons. The molecule has 0 bridgehead atoms. The van der Waals surface area contributed by atoms with Gasteiger partial charge < -0.3 is 14.7 Å². The van der Waals surface area contributed by atoms with Crippen molar-refractivity contribution in [2.24, 2.45) is 0 Å². The van der Waals surface area contributed by atoms with E-state index in [2.05, 4.69) is 226 Å². The number of nitrogens with zero attached hydrogens (tertiary/aromatic N) is 3. The zero-order valence-corrected chi connectivity index (χ0v) is 38.4. The van der Waals surface area contributed by atoms with Crippen LogP contribution in [0.3, 0.4) is 0 Å². The van der Waals surface area contributed by atoms with Crippen LogP contribution in [0.25, 0.3) is 11.1 Å². The summed E-state index contributed by atoms with van der Waals surface area (Å²) in [6.45, 7) is 14.8. The first-order chi connectivity index (χ1) is 31.5. The molecule has 0 fully saturated rings. The van der Waals surface area contributed by atoms with Gasteiger partial charge >= 0.3 is 0 Å². The van der Waals surface area contributed by atoms with Crippen molar-refractivity contribution in [2.75, 3.05) is 14.7 Å². The second-order valence-electron chi connectivity index (χ2n) is 21.2. The van der Waals surface area contributed by atoms with E-state index in [1.54, 1.807) is 0 Å². The topological polar surface area (TPSA) is 9.72 Å². The highest BCUT2D eigenvalue weighted by Gasteiger charge is 2.49. The number of fused-ring (bicyclic) bond motifs is 9. The Morgan fingerprint density at radius 1 is 0.431 bits per heavy atom. The summed E-state index contributed by atoms with van der Waals surface area (Å²) in [4.78, 5) is 7.61. The van der Waals surface area contributed by atoms with Gasteiger partial charge in [-0.1, -0.05) is 126 Å². The summed E-state index contributed by atoms with van der Waals surface area (Å²) in [6, 6.07) is 64.7. The first-order valence-corrected chi connectivity index (χ1v) is 23.8. The zero-order chi connectivity index (χ0) is 44.0. The van der Waals surface area contributed by atoms with Gasteiger partial charge in [-0.15, -0.1) is 0 Å². The fraction of sp³-hybridized carbons (Fsp3) is 0.213. The molecule has 0 saturated carbocycles. The van der Waals surface area contributed by atoms with Gasteiger partial charge in [0.1, 0.15) is 0 Å². The van der Waals surface area contributed by atoms with Gasteiger partial charge in [-0.3, -0.25) is 0 Å². The maximum absolute atomic E-state index is 2.66. The molecule has 0 N–H and O–H groups in total. The van der Waals surface area contributed by atoms with Crippen LogP contribution in [-0.2, 0) is 29.1 Å². The standard InChI is InChI=1S/C61H54BN3/c1-59(2)38-60(3,4)51-37-57-53(36-50(51)59)62-52-35-49-47(46-31-30-45(33-48(46)61(49,5)6)63(41-20-10-7-11-21-41)42-22-12-8-13-23-42)34-56(52)64(43-24-14-9-15-25-43)54-26-17-27-55(58(54)62)65(57)44-29-28-39-18-16-19-40(39)32-44/h7-15,17,20-37H,16,18-19,38H2,1-6H3. The second kappa shape index (κ2) is 13.6. The van der Waals surface area contributed by atoms with Crippen LogP contribution in [0.15, 0.2) is 170 Å². The molecule has 0 atom stereocenters. The molecule has 3 nitrogen and oxygen atoms in total. The first kappa shape index (κ1) is 38.7. The predicted octanol–water partition coefficient (Wildman–Crippen LogP) is 14.0. The zero-order valence-electron chi connectivity index (χ0n) is 38.4. The van der Waals surface area contributed by atoms with Crippen molar-refractivity contribution in [3.05, 3.63) is 203 Å². The quantitative estimate of drug-likeness (QED) is 0.160. The van der Waals surface area contributed by atoms with Gasteiger partial charge in [0.25, 0.3) is 6.71 Å². The molecule has 5 aliphatic rings. The number of rotatable bonds is 5. The van der Waals surface area contributed by atoms with Crippen LogP contribution in [-0.4, -0.2) is 6.71 Å². The van der Waals surface area contributed by atoms with Crippen molar-refractivity contribution in [1.82, 2.24) is 0 Å². The van der Waals surface area contributed by atoms with Crippen molar-refractivity contribution < 1.29 is 0 Å². The summed E-state index contributed by atoms with van der Waals surface area (Å²) in [5.41, 5.74) is 26.6. The van der Waals surface area contributed by atoms with Crippen LogP contribution in [0.1, 0.15) is 87.8 Å². The van der Waals surface area contributed by atoms with Crippen molar-refractivity contribution in [3.63, 3.8) is 0 Å². The minimum atomic E-state index is -0.246. The minimum Gasteiger partial charge on any atom is -0.311 e. The number of hydrogen-bond acceptors (Lipinski definition) is 3. The summed E-state index contributed by atoms with van der Waals surface area (Å²) >= 11 is 0. The van der Waals surface area contributed by atoms with E-state index < -0.39 is 0 Å². The van der Waals surface area contributed by atoms with E-state index in [9.17, 15) is 0 Å². The van der Waals surface area contributed by atoms with Gasteiger partial charge in [-0.25, -0.2) is 0 Å². The van der Waals surface area contributed by atoms with Crippen molar-refractivity contribution >= 4 is 74.3 Å². The third kappa shape index (κ3) is 5.56. The van der Waals surface area contributed by atoms with E-state index in [1.165, 1.54) is 114 Å². The average molecular weight is 840 g/mol. The summed E-state index contributed by atoms with van der Waals surface area (Å²) in [6.07, 6.45) is 4.70. The summed E-state index contributed by atoms with van der Waals surface area (Å²) in [5.74, 6) is 0. The van der Waals surface area contributed by atoms with Crippen molar-refractivity contribution in [3.8, 4) is 11.1 Å². The molecule has 3 aliphatic carbocycles. The van der Waals surface area contributed by atoms with Crippen LogP contribution in [0.5, 0.6) is 0 Å². The molecule has 2 aliphatic heterocycles. The molecule has 65 heavy (non-hydrogen) atoms. The van der Waals surface area contributed by atoms with Gasteiger partial charge in [0.2, 0.25) is 0 Å². The second-order valence-corrected chi connectivity index (χ2v) is 21.2. The van der Waals surface area contributed by atoms with Crippen LogP contribution in [0.4, 0.5) is 51.2 Å². The molecular weight excluding hydrogens is 786 g/mol. The van der Waals surface area contributed by atoms with Crippen LogP contribution in [0, 0.1) is 0 Å². The predicted molar refractivity (Wildman–Crippen MR) is 275 cm³/mol. The lowest BCUT2D eigenvalue weighted by molar-refractivity contribution is 0.403. The number of aryl methyl sites for hydroxylation is 2. The highest BCUT2D eigenvalue weighted by Crippen LogP contribution is 2.55. The average Bonchev–Trinajstić information content (AvgIpc) is 3.93. The summed E-state index contributed by atoms with van der Waals surface area (Å²) in [5, 5.41) is 0. The highest BCUT2D eigenvalue weighted by atomic mass is 15.2. The van der Waals surface area contributed by atoms with Gasteiger partial charge in [0.05, 0.1) is 0 Å². The smallest absolute Gasteiger partial charge is 0.252 e. The normalized spacial score (nSPS) is 17.1. The lowest BCUT2D eigenvalue weighted by atomic mass is 9.33. The fourth-order valence-electron chi connectivity index (χ4n) is 13.2. The SMILES string of the molecule is CC1(C)CC(C)(C)c2cc3c(cc21)B1c2cc4c(cc2N(c2ccccc2)c2cccc(c21)N3c1ccc2c(c1)CCC2)-c1ccc(N(c2ccccc2)c2ccccc2)cc1C4(C)C. The van der Waals surface area contributed by atoms with Crippen LogP contribution < -0.4 is 31.1 Å². The molecule has 0 unspecified atom stereocenters. The van der Waals surface area contributed by atoms with E-state index in [4.69, 9.17) is 0 Å². The third-order valence-electron chi connectivity index (χ3n) is 15.9. The molecular formula is C61H54BN3. The van der Waals surface area contributed by atoms with E-state index >= 15 is 0 Å². The Balaban J connectivity index is 1.06. The molecule has 0 saturated heterocycles. The monoisotopic (exact) mass is 839 g/mol. The Hall–Kier alpha value is -6.78. The van der Waals surface area contributed by atoms with Crippen molar-refractivity contribution in [1.29, 1.82) is 0 Å². The van der Waals surface area contributed by atoms with Gasteiger partial charge in [0.15, 0.2) is 0 Å². The Bertz CT molecular complexity index is 3220. The minimum absolute atomic E-state index is 0.0497. The van der Waals surface area contributed by atoms with E-state index in [0.717, 1.165) is 24.2 Å². The number of para-hydroxylation sites is 3. The molecule has 0 spiro atoms. The van der Waals surface area contributed by atoms with Gasteiger partial charge in [-0.05, 0) is 182 Å². The molecule has 13 rings (SSSR count). The largest absolute Gasteiger partial charge is 0.311 e. The Morgan fingerprint density at radius 3 is 1.68 bits per heavy atom. The van der Waals surface area contributed by atoms with E-state index in [1.807, 2.05) is 0 Å². The molecule has 4 heteroatoms. The fourth-order valence-corrected chi connectivity index (χ4v) is 13.2. The Kier molecular flexibility index (Phi) is 8.10. The summed E-state index contributed by atoms with van der Waals surface area (Å²) in [7, 11) is 0. The van der Waals surface area contributed by atoms with Crippen molar-refractivity contribution in [2.45, 2.75) is 83.5 Å². The van der Waals surface area contributed by atoms with Gasteiger partial charge in [0, 0.05) is 56.6 Å². The Labute approximate surface area is 385 Å². The molecule has 0 aromatic heterocycles. The maximum atomic E-state index is 2.66. The number of benzene rings is 8. The first-order valence-electron chi connectivity index (χ1n) is 23.8. The van der Waals surface area contributed by atoms with E-state index in [-0.39, 0.29) is 23.0 Å². The Morgan fingerprint density at radius 2 is 1.00 bits per heavy atom. The number of anilines is 9. The van der Waals surface area contributed by atoms with Crippen LogP contribution >= 0.6 is 0 Å². The van der Waals surface area contributed by atoms with Gasteiger partial charge in [-0.2, -0.15) is 0 Å². The van der Waals surface area contributed by atoms with Crippen LogP contribution in [0.2, 0.25) is 0 Å². The number of hydrogen-bond donors (Lipinski definition) is 0. The molecule has 2 heterocycles. The molecule has 8 aromatic carbocycles. The summed E-state index contributed by atoms with van der Waals surface area (Å²) < 4.78 is 0. The third-order valence-corrected chi connectivity index (χ3v) is 15.9. The molecule has 0 amide bonds. The maximum Gasteiger partial charge on any atom is 0.252 e.